The lowest BCUT2D eigenvalue weighted by atomic mass is 9.77. The Hall–Kier alpha value is -0.860. The molecular formula is C18H28N2. The molecule has 1 aromatic rings. The van der Waals surface area contributed by atoms with E-state index < -0.39 is 0 Å². The van der Waals surface area contributed by atoms with E-state index in [4.69, 9.17) is 5.73 Å². The van der Waals surface area contributed by atoms with Crippen LogP contribution in [0.15, 0.2) is 24.3 Å². The van der Waals surface area contributed by atoms with Crippen molar-refractivity contribution in [3.05, 3.63) is 35.4 Å². The summed E-state index contributed by atoms with van der Waals surface area (Å²) in [6.07, 6.45) is 4.03. The first kappa shape index (κ1) is 14.1. The van der Waals surface area contributed by atoms with E-state index >= 15 is 0 Å². The van der Waals surface area contributed by atoms with E-state index in [2.05, 4.69) is 49.9 Å². The van der Waals surface area contributed by atoms with Gasteiger partial charge in [-0.3, -0.25) is 4.90 Å². The Morgan fingerprint density at radius 1 is 1.20 bits per heavy atom. The minimum absolute atomic E-state index is 0.170. The predicted molar refractivity (Wildman–Crippen MR) is 84.8 cm³/mol. The number of hydrogen-bond acceptors (Lipinski definition) is 2. The average molecular weight is 272 g/mol. The lowest BCUT2D eigenvalue weighted by molar-refractivity contribution is 0.107. The summed E-state index contributed by atoms with van der Waals surface area (Å²) in [5.41, 5.74) is 9.48. The summed E-state index contributed by atoms with van der Waals surface area (Å²) in [5.74, 6) is 1.55. The molecule has 0 heterocycles. The SMILES string of the molecule is CC1CC(N(CC2CC2)C(C)C)C(N)c2ccccc21. The number of hydrogen-bond donors (Lipinski definition) is 1. The van der Waals surface area contributed by atoms with Gasteiger partial charge in [0.15, 0.2) is 0 Å². The van der Waals surface area contributed by atoms with Gasteiger partial charge in [0, 0.05) is 24.7 Å². The molecule has 2 N–H and O–H groups in total. The third-order valence-corrected chi connectivity index (χ3v) is 5.15. The van der Waals surface area contributed by atoms with Gasteiger partial charge < -0.3 is 5.73 Å². The minimum atomic E-state index is 0.170. The Morgan fingerprint density at radius 2 is 1.85 bits per heavy atom. The van der Waals surface area contributed by atoms with E-state index in [9.17, 15) is 0 Å². The van der Waals surface area contributed by atoms with Gasteiger partial charge in [-0.25, -0.2) is 0 Å². The molecule has 1 fully saturated rings. The molecule has 110 valence electrons. The molecule has 0 aliphatic heterocycles. The topological polar surface area (TPSA) is 29.3 Å². The average Bonchev–Trinajstić information content (AvgIpc) is 3.24. The minimum Gasteiger partial charge on any atom is -0.323 e. The molecule has 2 aliphatic carbocycles. The molecule has 0 radical (unpaired) electrons. The molecule has 0 amide bonds. The fourth-order valence-corrected chi connectivity index (χ4v) is 3.78. The molecule has 3 unspecified atom stereocenters. The molecule has 1 aromatic carbocycles. The van der Waals surface area contributed by atoms with E-state index in [0.717, 1.165) is 5.92 Å². The zero-order valence-electron chi connectivity index (χ0n) is 13.0. The molecule has 2 heteroatoms. The van der Waals surface area contributed by atoms with E-state index in [1.54, 1.807) is 0 Å². The van der Waals surface area contributed by atoms with Gasteiger partial charge in [0.05, 0.1) is 0 Å². The van der Waals surface area contributed by atoms with Crippen molar-refractivity contribution in [2.75, 3.05) is 6.54 Å². The molecule has 3 atom stereocenters. The molecule has 0 saturated heterocycles. The second-order valence-corrected chi connectivity index (χ2v) is 7.09. The largest absolute Gasteiger partial charge is 0.323 e. The van der Waals surface area contributed by atoms with Crippen molar-refractivity contribution in [1.82, 2.24) is 4.90 Å². The van der Waals surface area contributed by atoms with Gasteiger partial charge in [0.2, 0.25) is 0 Å². The van der Waals surface area contributed by atoms with Gasteiger partial charge in [-0.1, -0.05) is 31.2 Å². The van der Waals surface area contributed by atoms with E-state index in [0.29, 0.717) is 18.0 Å². The second-order valence-electron chi connectivity index (χ2n) is 7.09. The lowest BCUT2D eigenvalue weighted by Crippen LogP contribution is -2.49. The van der Waals surface area contributed by atoms with Crippen LogP contribution in [0.2, 0.25) is 0 Å². The number of rotatable bonds is 4. The monoisotopic (exact) mass is 272 g/mol. The lowest BCUT2D eigenvalue weighted by Gasteiger charge is -2.43. The molecule has 0 spiro atoms. The Balaban J connectivity index is 1.86. The maximum atomic E-state index is 6.65. The zero-order valence-corrected chi connectivity index (χ0v) is 13.0. The van der Waals surface area contributed by atoms with Gasteiger partial charge in [0.1, 0.15) is 0 Å². The van der Waals surface area contributed by atoms with Crippen LogP contribution in [0.1, 0.15) is 63.1 Å². The normalized spacial score (nSPS) is 29.8. The molecule has 0 bridgehead atoms. The van der Waals surface area contributed by atoms with Crippen LogP contribution in [0.5, 0.6) is 0 Å². The van der Waals surface area contributed by atoms with Crippen LogP contribution in [-0.2, 0) is 0 Å². The zero-order chi connectivity index (χ0) is 14.3. The van der Waals surface area contributed by atoms with E-state index in [1.807, 2.05) is 0 Å². The van der Waals surface area contributed by atoms with Crippen molar-refractivity contribution in [1.29, 1.82) is 0 Å². The Kier molecular flexibility index (Phi) is 3.87. The smallest absolute Gasteiger partial charge is 0.0456 e. The summed E-state index contributed by atoms with van der Waals surface area (Å²) >= 11 is 0. The summed E-state index contributed by atoms with van der Waals surface area (Å²) in [4.78, 5) is 2.68. The third kappa shape index (κ3) is 2.64. The van der Waals surface area contributed by atoms with Gasteiger partial charge in [-0.05, 0) is 56.1 Å². The van der Waals surface area contributed by atoms with Crippen LogP contribution in [0.3, 0.4) is 0 Å². The van der Waals surface area contributed by atoms with Crippen molar-refractivity contribution in [2.45, 2.75) is 64.1 Å². The highest BCUT2D eigenvalue weighted by atomic mass is 15.2. The third-order valence-electron chi connectivity index (χ3n) is 5.15. The highest BCUT2D eigenvalue weighted by molar-refractivity contribution is 5.36. The van der Waals surface area contributed by atoms with Crippen LogP contribution in [0, 0.1) is 5.92 Å². The number of nitrogens with zero attached hydrogens (tertiary/aromatic N) is 1. The van der Waals surface area contributed by atoms with Crippen molar-refractivity contribution in [3.63, 3.8) is 0 Å². The van der Waals surface area contributed by atoms with Crippen LogP contribution >= 0.6 is 0 Å². The molecule has 3 rings (SSSR count). The Labute approximate surface area is 123 Å². The highest BCUT2D eigenvalue weighted by Crippen LogP contribution is 2.40. The van der Waals surface area contributed by atoms with Gasteiger partial charge in [0.25, 0.3) is 0 Å². The van der Waals surface area contributed by atoms with Crippen molar-refractivity contribution in [3.8, 4) is 0 Å². The number of benzene rings is 1. The van der Waals surface area contributed by atoms with Crippen molar-refractivity contribution < 1.29 is 0 Å². The maximum Gasteiger partial charge on any atom is 0.0456 e. The first-order chi connectivity index (χ1) is 9.58. The summed E-state index contributed by atoms with van der Waals surface area (Å²) in [7, 11) is 0. The second kappa shape index (κ2) is 5.50. The van der Waals surface area contributed by atoms with Gasteiger partial charge in [-0.2, -0.15) is 0 Å². The molecular weight excluding hydrogens is 244 g/mol. The van der Waals surface area contributed by atoms with Crippen molar-refractivity contribution in [2.24, 2.45) is 11.7 Å². The first-order valence-electron chi connectivity index (χ1n) is 8.18. The van der Waals surface area contributed by atoms with Gasteiger partial charge >= 0.3 is 0 Å². The van der Waals surface area contributed by atoms with Gasteiger partial charge in [-0.15, -0.1) is 0 Å². The first-order valence-corrected chi connectivity index (χ1v) is 8.18. The summed E-state index contributed by atoms with van der Waals surface area (Å²) in [6.45, 7) is 8.23. The molecule has 2 nitrogen and oxygen atoms in total. The highest BCUT2D eigenvalue weighted by Gasteiger charge is 2.37. The molecule has 2 aliphatic rings. The number of fused-ring (bicyclic) bond motifs is 1. The molecule has 0 aromatic heterocycles. The van der Waals surface area contributed by atoms with Crippen LogP contribution < -0.4 is 5.73 Å². The molecule has 20 heavy (non-hydrogen) atoms. The van der Waals surface area contributed by atoms with E-state index in [-0.39, 0.29) is 6.04 Å². The summed E-state index contributed by atoms with van der Waals surface area (Å²) in [5, 5.41) is 0. The van der Waals surface area contributed by atoms with Crippen LogP contribution in [-0.4, -0.2) is 23.5 Å². The van der Waals surface area contributed by atoms with Crippen molar-refractivity contribution >= 4 is 0 Å². The fourth-order valence-electron chi connectivity index (χ4n) is 3.78. The summed E-state index contributed by atoms with van der Waals surface area (Å²) in [6, 6.07) is 10.0. The quantitative estimate of drug-likeness (QED) is 0.906. The standard InChI is InChI=1S/C18H28N2/c1-12(2)20(11-14-8-9-14)17-10-13(3)15-6-4-5-7-16(15)18(17)19/h4-7,12-14,17-18H,8-11,19H2,1-3H3. The van der Waals surface area contributed by atoms with Crippen LogP contribution in [0.4, 0.5) is 0 Å². The molecule has 1 saturated carbocycles. The Morgan fingerprint density at radius 3 is 2.45 bits per heavy atom. The Bertz CT molecular complexity index is 464. The number of nitrogens with two attached hydrogens (primary N) is 1. The predicted octanol–water partition coefficient (Wildman–Crippen LogP) is 3.68. The fraction of sp³-hybridized carbons (Fsp3) is 0.667. The summed E-state index contributed by atoms with van der Waals surface area (Å²) < 4.78 is 0. The maximum absolute atomic E-state index is 6.65. The van der Waals surface area contributed by atoms with E-state index in [1.165, 1.54) is 36.9 Å². The van der Waals surface area contributed by atoms with Crippen LogP contribution in [0.25, 0.3) is 0 Å².